The van der Waals surface area contributed by atoms with Gasteiger partial charge in [-0.2, -0.15) is 0 Å². The lowest BCUT2D eigenvalue weighted by atomic mass is 10.6. The summed E-state index contributed by atoms with van der Waals surface area (Å²) in [6.45, 7) is 4.98. The first kappa shape index (κ1) is 13.4. The molecule has 0 aromatic heterocycles. The Bertz CT molecular complexity index is 189. The van der Waals surface area contributed by atoms with E-state index < -0.39 is 0 Å². The lowest BCUT2D eigenvalue weighted by Gasteiger charge is -1.82. The molecule has 0 saturated heterocycles. The van der Waals surface area contributed by atoms with Gasteiger partial charge in [-0.15, -0.1) is 0 Å². The van der Waals surface area contributed by atoms with Gasteiger partial charge in [-0.3, -0.25) is 4.79 Å². The standard InChI is InChI=1S/C4H7NO.C3H6N2S/c1-3-4(6)5-2;1-2-5-3(4)6/h3H,1H2,2H3,(H,5,6);2H,1H3,(H2,4,6). The van der Waals surface area contributed by atoms with Gasteiger partial charge >= 0.3 is 0 Å². The zero-order chi connectivity index (χ0) is 9.98. The first-order chi connectivity index (χ1) is 5.58. The van der Waals surface area contributed by atoms with E-state index in [1.54, 1.807) is 20.2 Å². The van der Waals surface area contributed by atoms with Crippen LogP contribution in [0.2, 0.25) is 0 Å². The molecule has 0 aromatic rings. The van der Waals surface area contributed by atoms with E-state index in [1.807, 2.05) is 0 Å². The van der Waals surface area contributed by atoms with Gasteiger partial charge in [0.1, 0.15) is 0 Å². The van der Waals surface area contributed by atoms with Crippen molar-refractivity contribution in [2.45, 2.75) is 6.92 Å². The summed E-state index contributed by atoms with van der Waals surface area (Å²) in [5, 5.41) is 2.55. The number of aliphatic imine (C=N–C) groups is 1. The summed E-state index contributed by atoms with van der Waals surface area (Å²) in [4.78, 5) is 13.5. The van der Waals surface area contributed by atoms with Gasteiger partial charge in [-0.05, 0) is 25.2 Å². The number of likely N-dealkylation sites (N-methyl/N-ethyl adjacent to an activating group) is 1. The van der Waals surface area contributed by atoms with E-state index >= 15 is 0 Å². The molecule has 4 nitrogen and oxygen atoms in total. The number of thiocarbonyl (C=S) groups is 1. The van der Waals surface area contributed by atoms with Crippen LogP contribution in [0.15, 0.2) is 17.6 Å². The summed E-state index contributed by atoms with van der Waals surface area (Å²) in [7, 11) is 1.56. The van der Waals surface area contributed by atoms with Gasteiger partial charge in [0.25, 0.3) is 0 Å². The molecule has 0 radical (unpaired) electrons. The highest BCUT2D eigenvalue weighted by Gasteiger charge is 1.78. The van der Waals surface area contributed by atoms with E-state index in [0.717, 1.165) is 0 Å². The van der Waals surface area contributed by atoms with Crippen molar-refractivity contribution < 1.29 is 4.79 Å². The molecular formula is C7H13N3OS. The summed E-state index contributed by atoms with van der Waals surface area (Å²) in [6, 6.07) is 0. The lowest BCUT2D eigenvalue weighted by Crippen LogP contribution is -2.13. The third kappa shape index (κ3) is 15.9. The molecule has 12 heavy (non-hydrogen) atoms. The minimum Gasteiger partial charge on any atom is -0.374 e. The van der Waals surface area contributed by atoms with E-state index in [1.165, 1.54) is 6.08 Å². The molecule has 0 saturated carbocycles. The molecule has 0 fully saturated rings. The number of nitrogens with zero attached hydrogens (tertiary/aromatic N) is 1. The molecular weight excluding hydrogens is 174 g/mol. The molecule has 3 N–H and O–H groups in total. The second kappa shape index (κ2) is 9.77. The minimum atomic E-state index is -0.144. The summed E-state index contributed by atoms with van der Waals surface area (Å²) in [5.74, 6) is -0.144. The molecule has 68 valence electrons. The maximum atomic E-state index is 9.95. The maximum Gasteiger partial charge on any atom is 0.243 e. The van der Waals surface area contributed by atoms with E-state index in [4.69, 9.17) is 5.73 Å². The van der Waals surface area contributed by atoms with Crippen molar-refractivity contribution in [2.24, 2.45) is 10.7 Å². The predicted molar refractivity (Wildman–Crippen MR) is 55.2 cm³/mol. The Hall–Kier alpha value is -1.23. The van der Waals surface area contributed by atoms with Crippen molar-refractivity contribution in [3.63, 3.8) is 0 Å². The molecule has 0 rings (SSSR count). The van der Waals surface area contributed by atoms with E-state index in [0.29, 0.717) is 0 Å². The number of rotatable bonds is 1. The van der Waals surface area contributed by atoms with Gasteiger partial charge in [0.05, 0.1) is 0 Å². The number of hydrogen-bond donors (Lipinski definition) is 2. The molecule has 0 aliphatic carbocycles. The van der Waals surface area contributed by atoms with E-state index in [2.05, 4.69) is 29.1 Å². The largest absolute Gasteiger partial charge is 0.374 e. The molecule has 0 heterocycles. The van der Waals surface area contributed by atoms with Crippen molar-refractivity contribution in [3.8, 4) is 0 Å². The zero-order valence-electron chi connectivity index (χ0n) is 7.20. The molecule has 0 spiro atoms. The highest BCUT2D eigenvalue weighted by molar-refractivity contribution is 7.80. The molecule has 5 heteroatoms. The van der Waals surface area contributed by atoms with Gasteiger partial charge in [0, 0.05) is 13.3 Å². The quantitative estimate of drug-likeness (QED) is 0.351. The van der Waals surface area contributed by atoms with Crippen molar-refractivity contribution in [3.05, 3.63) is 12.7 Å². The Labute approximate surface area is 77.6 Å². The number of nitrogens with one attached hydrogen (secondary N) is 1. The fourth-order valence-electron chi connectivity index (χ4n) is 0.229. The maximum absolute atomic E-state index is 9.95. The molecule has 0 aliphatic rings. The number of amides is 1. The second-order valence-electron chi connectivity index (χ2n) is 1.54. The van der Waals surface area contributed by atoms with Crippen LogP contribution in [0.4, 0.5) is 0 Å². The SMILES string of the molecule is C=CC(=O)NC.CC=NC(N)=S. The van der Waals surface area contributed by atoms with Gasteiger partial charge in [-0.25, -0.2) is 4.99 Å². The van der Waals surface area contributed by atoms with E-state index in [9.17, 15) is 4.79 Å². The Morgan fingerprint density at radius 1 is 1.75 bits per heavy atom. The summed E-state index contributed by atoms with van der Waals surface area (Å²) >= 11 is 4.37. The van der Waals surface area contributed by atoms with Gasteiger partial charge < -0.3 is 11.1 Å². The Morgan fingerprint density at radius 2 is 2.25 bits per heavy atom. The van der Waals surface area contributed by atoms with Crippen molar-refractivity contribution in [1.82, 2.24) is 5.32 Å². The monoisotopic (exact) mass is 187 g/mol. The Kier molecular flexibility index (Phi) is 10.9. The molecule has 0 unspecified atom stereocenters. The Morgan fingerprint density at radius 3 is 2.25 bits per heavy atom. The molecule has 0 bridgehead atoms. The highest BCUT2D eigenvalue weighted by Crippen LogP contribution is 1.61. The zero-order valence-corrected chi connectivity index (χ0v) is 8.02. The molecule has 1 amide bonds. The van der Waals surface area contributed by atoms with Crippen LogP contribution in [0, 0.1) is 0 Å². The number of carbonyl (C=O) groups is 1. The van der Waals surface area contributed by atoms with Crippen LogP contribution in [0.5, 0.6) is 0 Å². The summed E-state index contributed by atoms with van der Waals surface area (Å²) < 4.78 is 0. The van der Waals surface area contributed by atoms with Crippen LogP contribution < -0.4 is 11.1 Å². The normalized spacial score (nSPS) is 8.17. The lowest BCUT2D eigenvalue weighted by molar-refractivity contribution is -0.116. The Balaban J connectivity index is 0. The van der Waals surface area contributed by atoms with Gasteiger partial charge in [0.2, 0.25) is 5.91 Å². The first-order valence-electron chi connectivity index (χ1n) is 3.20. The van der Waals surface area contributed by atoms with Crippen molar-refractivity contribution >= 4 is 29.5 Å². The predicted octanol–water partition coefficient (Wildman–Crippen LogP) is 0.239. The second-order valence-corrected chi connectivity index (χ2v) is 1.96. The summed E-state index contributed by atoms with van der Waals surface area (Å²) in [5.41, 5.74) is 4.94. The average molecular weight is 187 g/mol. The minimum absolute atomic E-state index is 0.144. The average Bonchev–Trinajstić information content (AvgIpc) is 2.04. The molecule has 0 aromatic carbocycles. The van der Waals surface area contributed by atoms with Crippen LogP contribution in [0.3, 0.4) is 0 Å². The van der Waals surface area contributed by atoms with Gasteiger partial charge in [0.15, 0.2) is 5.11 Å². The van der Waals surface area contributed by atoms with Crippen LogP contribution in [0.1, 0.15) is 6.92 Å². The van der Waals surface area contributed by atoms with Crippen LogP contribution >= 0.6 is 12.2 Å². The number of hydrogen-bond acceptors (Lipinski definition) is 2. The van der Waals surface area contributed by atoms with Crippen molar-refractivity contribution in [2.75, 3.05) is 7.05 Å². The van der Waals surface area contributed by atoms with Crippen molar-refractivity contribution in [1.29, 1.82) is 0 Å². The molecule has 0 aliphatic heterocycles. The topological polar surface area (TPSA) is 67.5 Å². The number of carbonyl (C=O) groups excluding carboxylic acids is 1. The van der Waals surface area contributed by atoms with E-state index in [-0.39, 0.29) is 11.0 Å². The third-order valence-corrected chi connectivity index (χ3v) is 0.794. The fraction of sp³-hybridized carbons (Fsp3) is 0.286. The van der Waals surface area contributed by atoms with Crippen LogP contribution in [-0.4, -0.2) is 24.3 Å². The summed E-state index contributed by atoms with van der Waals surface area (Å²) in [6.07, 6.45) is 2.78. The van der Waals surface area contributed by atoms with Gasteiger partial charge in [-0.1, -0.05) is 6.58 Å². The number of nitrogens with two attached hydrogens (primary N) is 1. The van der Waals surface area contributed by atoms with Crippen LogP contribution in [-0.2, 0) is 4.79 Å². The first-order valence-corrected chi connectivity index (χ1v) is 3.61. The third-order valence-electron chi connectivity index (χ3n) is 0.688. The highest BCUT2D eigenvalue weighted by atomic mass is 32.1. The smallest absolute Gasteiger partial charge is 0.243 e. The fourth-order valence-corrected chi connectivity index (χ4v) is 0.335. The van der Waals surface area contributed by atoms with Crippen LogP contribution in [0.25, 0.3) is 0 Å². The molecule has 0 atom stereocenters.